The third kappa shape index (κ3) is 1.12. The second-order valence-corrected chi connectivity index (χ2v) is 3.40. The summed E-state index contributed by atoms with van der Waals surface area (Å²) in [4.78, 5) is 1.44. The molecule has 0 fully saturated rings. The molecular weight excluding hydrogens is 184 g/mol. The highest BCUT2D eigenvalue weighted by Crippen LogP contribution is 2.22. The smallest absolute Gasteiger partial charge is 0.0314 e. The van der Waals surface area contributed by atoms with Gasteiger partial charge in [-0.3, -0.25) is 0 Å². The lowest BCUT2D eigenvalue weighted by atomic mass is 10.4. The van der Waals surface area contributed by atoms with Crippen LogP contribution in [0.1, 0.15) is 11.8 Å². The van der Waals surface area contributed by atoms with Gasteiger partial charge in [0.25, 0.3) is 0 Å². The maximum Gasteiger partial charge on any atom is 0.0314 e. The summed E-state index contributed by atoms with van der Waals surface area (Å²) in [5.74, 6) is 0. The topological polar surface area (TPSA) is 0 Å². The fourth-order valence-corrected chi connectivity index (χ4v) is 2.16. The molecule has 0 bridgehead atoms. The molecule has 44 valence electrons. The molecule has 1 rings (SSSR count). The van der Waals surface area contributed by atoms with E-state index >= 15 is 0 Å². The van der Waals surface area contributed by atoms with Crippen molar-refractivity contribution in [1.82, 2.24) is 0 Å². The van der Waals surface area contributed by atoms with E-state index in [4.69, 9.17) is 0 Å². The summed E-state index contributed by atoms with van der Waals surface area (Å²) in [5.41, 5.74) is 0. The molecule has 0 saturated heterocycles. The van der Waals surface area contributed by atoms with Gasteiger partial charge >= 0.3 is 0 Å². The first kappa shape index (κ1) is 6.30. The van der Waals surface area contributed by atoms with Gasteiger partial charge < -0.3 is 0 Å². The molecule has 0 spiro atoms. The van der Waals surface area contributed by atoms with Crippen molar-refractivity contribution in [2.45, 2.75) is 13.3 Å². The lowest BCUT2D eigenvalue weighted by molar-refractivity contribution is 1.18. The molecule has 0 aromatic carbocycles. The highest BCUT2D eigenvalue weighted by atomic mass is 79.9. The lowest BCUT2D eigenvalue weighted by Gasteiger charge is -1.85. The van der Waals surface area contributed by atoms with E-state index in [0.717, 1.165) is 6.42 Å². The normalized spacial score (nSPS) is 9.75. The molecule has 1 aromatic heterocycles. The van der Waals surface area contributed by atoms with Crippen LogP contribution in [0.3, 0.4) is 0 Å². The first-order valence-electron chi connectivity index (χ1n) is 2.56. The molecule has 0 radical (unpaired) electrons. The molecule has 0 N–H and O–H groups in total. The average Bonchev–Trinajstić information content (AvgIpc) is 2.14. The van der Waals surface area contributed by atoms with E-state index < -0.39 is 0 Å². The Kier molecular flexibility index (Phi) is 2.08. The first-order chi connectivity index (χ1) is 3.84. The minimum Gasteiger partial charge on any atom is -0.148 e. The molecule has 0 amide bonds. The van der Waals surface area contributed by atoms with Gasteiger partial charge in [0, 0.05) is 9.35 Å². The Balaban J connectivity index is 2.92. The monoisotopic (exact) mass is 190 g/mol. The molecule has 0 unspecified atom stereocenters. The van der Waals surface area contributed by atoms with E-state index in [9.17, 15) is 0 Å². The quantitative estimate of drug-likeness (QED) is 0.639. The summed E-state index contributed by atoms with van der Waals surface area (Å²) in [6.07, 6.45) is 1.14. The zero-order valence-electron chi connectivity index (χ0n) is 4.65. The highest BCUT2D eigenvalue weighted by Gasteiger charge is 1.94. The van der Waals surface area contributed by atoms with Gasteiger partial charge in [0.1, 0.15) is 0 Å². The zero-order chi connectivity index (χ0) is 5.98. The summed E-state index contributed by atoms with van der Waals surface area (Å²) in [7, 11) is 0. The minimum absolute atomic E-state index is 1.14. The van der Waals surface area contributed by atoms with Crippen molar-refractivity contribution in [3.8, 4) is 0 Å². The molecule has 0 aliphatic rings. The fourth-order valence-electron chi connectivity index (χ4n) is 0.577. The van der Waals surface area contributed by atoms with Gasteiger partial charge in [-0.1, -0.05) is 6.92 Å². The summed E-state index contributed by atoms with van der Waals surface area (Å²) in [6, 6.07) is 2.09. The molecule has 1 aromatic rings. The van der Waals surface area contributed by atoms with Crippen LogP contribution in [0.5, 0.6) is 0 Å². The van der Waals surface area contributed by atoms with E-state index in [1.54, 1.807) is 11.3 Å². The van der Waals surface area contributed by atoms with Crippen LogP contribution < -0.4 is 0 Å². The summed E-state index contributed by atoms with van der Waals surface area (Å²) < 4.78 is 1.25. The van der Waals surface area contributed by atoms with Gasteiger partial charge in [0.15, 0.2) is 0 Å². The Morgan fingerprint density at radius 1 is 1.75 bits per heavy atom. The summed E-state index contributed by atoms with van der Waals surface area (Å²) >= 11 is 5.24. The van der Waals surface area contributed by atoms with Crippen LogP contribution in [0.2, 0.25) is 0 Å². The van der Waals surface area contributed by atoms with E-state index in [0.29, 0.717) is 0 Å². The number of rotatable bonds is 1. The molecule has 0 aliphatic heterocycles. The summed E-state index contributed by atoms with van der Waals surface area (Å²) in [5, 5.41) is 2.10. The molecule has 2 heteroatoms. The van der Waals surface area contributed by atoms with Crippen molar-refractivity contribution >= 4 is 27.3 Å². The van der Waals surface area contributed by atoms with Crippen LogP contribution in [0.15, 0.2) is 15.9 Å². The van der Waals surface area contributed by atoms with Crippen molar-refractivity contribution in [1.29, 1.82) is 0 Å². The predicted molar refractivity (Wildman–Crippen MR) is 41.4 cm³/mol. The average molecular weight is 191 g/mol. The fraction of sp³-hybridized carbons (Fsp3) is 0.333. The SMILES string of the molecule is CCc1sccc1Br. The molecule has 0 nitrogen and oxygen atoms in total. The van der Waals surface area contributed by atoms with Crippen molar-refractivity contribution in [2.24, 2.45) is 0 Å². The van der Waals surface area contributed by atoms with Crippen molar-refractivity contribution in [3.05, 3.63) is 20.8 Å². The van der Waals surface area contributed by atoms with Gasteiger partial charge in [0.05, 0.1) is 0 Å². The van der Waals surface area contributed by atoms with Crippen molar-refractivity contribution < 1.29 is 0 Å². The molecule has 1 heterocycles. The number of halogens is 1. The van der Waals surface area contributed by atoms with Gasteiger partial charge in [0.2, 0.25) is 0 Å². The predicted octanol–water partition coefficient (Wildman–Crippen LogP) is 3.07. The Bertz CT molecular complexity index is 169. The summed E-state index contributed by atoms with van der Waals surface area (Å²) in [6.45, 7) is 2.16. The third-order valence-corrected chi connectivity index (χ3v) is 3.08. The molecule has 0 saturated carbocycles. The molecule has 0 atom stereocenters. The maximum absolute atomic E-state index is 3.44. The highest BCUT2D eigenvalue weighted by molar-refractivity contribution is 9.10. The Labute approximate surface area is 61.7 Å². The van der Waals surface area contributed by atoms with Crippen LogP contribution in [0.4, 0.5) is 0 Å². The first-order valence-corrected chi connectivity index (χ1v) is 4.23. The van der Waals surface area contributed by atoms with Crippen LogP contribution in [0, 0.1) is 0 Å². The van der Waals surface area contributed by atoms with Gasteiger partial charge in [-0.05, 0) is 33.8 Å². The third-order valence-electron chi connectivity index (χ3n) is 1.01. The lowest BCUT2D eigenvalue weighted by Crippen LogP contribution is -1.68. The van der Waals surface area contributed by atoms with E-state index in [-0.39, 0.29) is 0 Å². The second kappa shape index (κ2) is 2.65. The largest absolute Gasteiger partial charge is 0.148 e. The number of thiophene rings is 1. The van der Waals surface area contributed by atoms with Crippen LogP contribution in [-0.2, 0) is 6.42 Å². The van der Waals surface area contributed by atoms with E-state index in [1.807, 2.05) is 0 Å². The Morgan fingerprint density at radius 2 is 2.50 bits per heavy atom. The van der Waals surface area contributed by atoms with Gasteiger partial charge in [-0.25, -0.2) is 0 Å². The van der Waals surface area contributed by atoms with E-state index in [2.05, 4.69) is 34.3 Å². The number of hydrogen-bond acceptors (Lipinski definition) is 1. The Hall–Kier alpha value is 0.180. The maximum atomic E-state index is 3.44. The van der Waals surface area contributed by atoms with Gasteiger partial charge in [-0.15, -0.1) is 11.3 Å². The van der Waals surface area contributed by atoms with Gasteiger partial charge in [-0.2, -0.15) is 0 Å². The minimum atomic E-state index is 1.14. The van der Waals surface area contributed by atoms with Crippen LogP contribution >= 0.6 is 27.3 Å². The van der Waals surface area contributed by atoms with Crippen LogP contribution in [-0.4, -0.2) is 0 Å². The number of aryl methyl sites for hydroxylation is 1. The number of hydrogen-bond donors (Lipinski definition) is 0. The Morgan fingerprint density at radius 3 is 2.75 bits per heavy atom. The van der Waals surface area contributed by atoms with Crippen molar-refractivity contribution in [3.63, 3.8) is 0 Å². The molecular formula is C6H7BrS. The molecule has 8 heavy (non-hydrogen) atoms. The molecule has 0 aliphatic carbocycles. The second-order valence-electron chi connectivity index (χ2n) is 1.55. The van der Waals surface area contributed by atoms with E-state index in [1.165, 1.54) is 9.35 Å². The standard InChI is InChI=1S/C6H7BrS/c1-2-6-5(7)3-4-8-6/h3-4H,2H2,1H3. The van der Waals surface area contributed by atoms with Crippen LogP contribution in [0.25, 0.3) is 0 Å². The van der Waals surface area contributed by atoms with Crippen molar-refractivity contribution in [2.75, 3.05) is 0 Å². The zero-order valence-corrected chi connectivity index (χ0v) is 7.05.